The third kappa shape index (κ3) is 4.31. The third-order valence-electron chi connectivity index (χ3n) is 2.61. The first kappa shape index (κ1) is 14.4. The average Bonchev–Trinajstić information content (AvgIpc) is 2.38. The number of carbonyl (C=O) groups excluding carboxylic acids is 1. The molecule has 1 rings (SSSR count). The Morgan fingerprint density at radius 2 is 2.28 bits per heavy atom. The van der Waals surface area contributed by atoms with Crippen LogP contribution >= 0.6 is 0 Å². The number of hydrazine groups is 1. The van der Waals surface area contributed by atoms with Gasteiger partial charge < -0.3 is 10.7 Å². The van der Waals surface area contributed by atoms with E-state index in [-0.39, 0.29) is 5.91 Å². The SMILES string of the molecule is CCNC(=O)CN(CC)Cc1cccnc1NN. The molecule has 0 aliphatic heterocycles. The molecule has 0 unspecified atom stereocenters. The van der Waals surface area contributed by atoms with Crippen LogP contribution in [0.5, 0.6) is 0 Å². The summed E-state index contributed by atoms with van der Waals surface area (Å²) in [6, 6.07) is 3.80. The number of nitrogens with zero attached hydrogens (tertiary/aromatic N) is 2. The van der Waals surface area contributed by atoms with Gasteiger partial charge in [-0.25, -0.2) is 10.8 Å². The maximum absolute atomic E-state index is 11.5. The minimum absolute atomic E-state index is 0.0329. The third-order valence-corrected chi connectivity index (χ3v) is 2.61. The van der Waals surface area contributed by atoms with E-state index in [2.05, 4.69) is 15.7 Å². The van der Waals surface area contributed by atoms with E-state index < -0.39 is 0 Å². The van der Waals surface area contributed by atoms with Gasteiger partial charge in [0.05, 0.1) is 6.54 Å². The van der Waals surface area contributed by atoms with Crippen molar-refractivity contribution in [1.82, 2.24) is 15.2 Å². The number of anilines is 1. The van der Waals surface area contributed by atoms with E-state index in [4.69, 9.17) is 5.84 Å². The molecule has 0 aliphatic rings. The van der Waals surface area contributed by atoms with Crippen LogP contribution in [0.15, 0.2) is 18.3 Å². The predicted molar refractivity (Wildman–Crippen MR) is 71.7 cm³/mol. The highest BCUT2D eigenvalue weighted by Crippen LogP contribution is 2.12. The minimum atomic E-state index is 0.0329. The van der Waals surface area contributed by atoms with Gasteiger partial charge in [0.25, 0.3) is 0 Å². The fourth-order valence-corrected chi connectivity index (χ4v) is 1.67. The molecule has 6 heteroatoms. The van der Waals surface area contributed by atoms with E-state index in [0.29, 0.717) is 25.5 Å². The van der Waals surface area contributed by atoms with E-state index in [1.54, 1.807) is 6.20 Å². The Balaban J connectivity index is 2.64. The van der Waals surface area contributed by atoms with Gasteiger partial charge in [0.15, 0.2) is 0 Å². The molecule has 0 atom stereocenters. The van der Waals surface area contributed by atoms with Crippen LogP contribution < -0.4 is 16.6 Å². The van der Waals surface area contributed by atoms with Gasteiger partial charge >= 0.3 is 0 Å². The summed E-state index contributed by atoms with van der Waals surface area (Å²) in [5.74, 6) is 6.08. The summed E-state index contributed by atoms with van der Waals surface area (Å²) in [7, 11) is 0. The molecule has 0 radical (unpaired) electrons. The smallest absolute Gasteiger partial charge is 0.234 e. The van der Waals surface area contributed by atoms with Crippen molar-refractivity contribution in [2.45, 2.75) is 20.4 Å². The molecule has 6 nitrogen and oxygen atoms in total. The van der Waals surface area contributed by atoms with Crippen LogP contribution in [0.1, 0.15) is 19.4 Å². The van der Waals surface area contributed by atoms with Crippen molar-refractivity contribution < 1.29 is 4.79 Å². The van der Waals surface area contributed by atoms with Gasteiger partial charge in [-0.15, -0.1) is 0 Å². The quantitative estimate of drug-likeness (QED) is 0.480. The van der Waals surface area contributed by atoms with Crippen molar-refractivity contribution in [3.8, 4) is 0 Å². The predicted octanol–water partition coefficient (Wildman–Crippen LogP) is 0.325. The number of nitrogens with two attached hydrogens (primary N) is 1. The van der Waals surface area contributed by atoms with Gasteiger partial charge in [0, 0.05) is 24.8 Å². The van der Waals surface area contributed by atoms with E-state index in [1.807, 2.05) is 30.9 Å². The van der Waals surface area contributed by atoms with E-state index >= 15 is 0 Å². The van der Waals surface area contributed by atoms with Crippen molar-refractivity contribution in [3.63, 3.8) is 0 Å². The molecule has 18 heavy (non-hydrogen) atoms. The molecule has 0 spiro atoms. The van der Waals surface area contributed by atoms with Crippen LogP contribution in [0.25, 0.3) is 0 Å². The molecule has 0 aliphatic carbocycles. The second-order valence-electron chi connectivity index (χ2n) is 3.91. The number of likely N-dealkylation sites (N-methyl/N-ethyl adjacent to an activating group) is 2. The number of nitrogens with one attached hydrogen (secondary N) is 2. The number of hydrogen-bond donors (Lipinski definition) is 3. The number of pyridine rings is 1. The molecule has 0 aromatic carbocycles. The molecular formula is C12H21N5O. The molecule has 1 aromatic rings. The first-order valence-corrected chi connectivity index (χ1v) is 6.10. The lowest BCUT2D eigenvalue weighted by Crippen LogP contribution is -2.36. The van der Waals surface area contributed by atoms with Crippen molar-refractivity contribution in [2.24, 2.45) is 5.84 Å². The Kier molecular flexibility index (Phi) is 6.10. The molecule has 0 fully saturated rings. The van der Waals surface area contributed by atoms with Crippen LogP contribution in [0.3, 0.4) is 0 Å². The molecule has 1 aromatic heterocycles. The first-order chi connectivity index (χ1) is 8.71. The van der Waals surface area contributed by atoms with Crippen molar-refractivity contribution in [3.05, 3.63) is 23.9 Å². The average molecular weight is 251 g/mol. The molecule has 4 N–H and O–H groups in total. The Labute approximate surface area is 108 Å². The lowest BCUT2D eigenvalue weighted by atomic mass is 10.2. The van der Waals surface area contributed by atoms with Gasteiger partial charge in [-0.3, -0.25) is 9.69 Å². The van der Waals surface area contributed by atoms with Gasteiger partial charge in [-0.1, -0.05) is 13.0 Å². The molecule has 0 bridgehead atoms. The van der Waals surface area contributed by atoms with Gasteiger partial charge in [0.2, 0.25) is 5.91 Å². The van der Waals surface area contributed by atoms with Crippen LogP contribution in [0.2, 0.25) is 0 Å². The van der Waals surface area contributed by atoms with Gasteiger partial charge in [-0.2, -0.15) is 0 Å². The normalized spacial score (nSPS) is 10.4. The van der Waals surface area contributed by atoms with Gasteiger partial charge in [0.1, 0.15) is 5.82 Å². The van der Waals surface area contributed by atoms with E-state index in [1.165, 1.54) is 0 Å². The number of nitrogen functional groups attached to an aromatic ring is 1. The summed E-state index contributed by atoms with van der Waals surface area (Å²) in [6.45, 7) is 6.38. The molecule has 0 saturated carbocycles. The molecule has 100 valence electrons. The van der Waals surface area contributed by atoms with Crippen LogP contribution in [0.4, 0.5) is 5.82 Å². The summed E-state index contributed by atoms with van der Waals surface area (Å²) in [4.78, 5) is 17.7. The zero-order chi connectivity index (χ0) is 13.4. The summed E-state index contributed by atoms with van der Waals surface area (Å²) >= 11 is 0. The molecule has 1 heterocycles. The number of carbonyl (C=O) groups is 1. The maximum Gasteiger partial charge on any atom is 0.234 e. The molecule has 0 saturated heterocycles. The zero-order valence-corrected chi connectivity index (χ0v) is 10.9. The Bertz CT molecular complexity index is 382. The largest absolute Gasteiger partial charge is 0.355 e. The number of amides is 1. The summed E-state index contributed by atoms with van der Waals surface area (Å²) in [6.07, 6.45) is 1.68. The van der Waals surface area contributed by atoms with E-state index in [0.717, 1.165) is 12.1 Å². The van der Waals surface area contributed by atoms with E-state index in [9.17, 15) is 4.79 Å². The fourth-order valence-electron chi connectivity index (χ4n) is 1.67. The fraction of sp³-hybridized carbons (Fsp3) is 0.500. The second-order valence-corrected chi connectivity index (χ2v) is 3.91. The Hall–Kier alpha value is -1.66. The van der Waals surface area contributed by atoms with Crippen molar-refractivity contribution in [1.29, 1.82) is 0 Å². The second kappa shape index (κ2) is 7.62. The Morgan fingerprint density at radius 1 is 1.50 bits per heavy atom. The van der Waals surface area contributed by atoms with Crippen molar-refractivity contribution >= 4 is 11.7 Å². The topological polar surface area (TPSA) is 83.3 Å². The maximum atomic E-state index is 11.5. The number of hydrogen-bond acceptors (Lipinski definition) is 5. The highest BCUT2D eigenvalue weighted by molar-refractivity contribution is 5.77. The van der Waals surface area contributed by atoms with Crippen molar-refractivity contribution in [2.75, 3.05) is 25.1 Å². The zero-order valence-electron chi connectivity index (χ0n) is 10.9. The monoisotopic (exact) mass is 251 g/mol. The molecule has 1 amide bonds. The number of rotatable bonds is 7. The minimum Gasteiger partial charge on any atom is -0.355 e. The lowest BCUT2D eigenvalue weighted by Gasteiger charge is -2.20. The first-order valence-electron chi connectivity index (χ1n) is 6.10. The summed E-state index contributed by atoms with van der Waals surface area (Å²) < 4.78 is 0. The summed E-state index contributed by atoms with van der Waals surface area (Å²) in [5.41, 5.74) is 3.54. The highest BCUT2D eigenvalue weighted by atomic mass is 16.2. The molecular weight excluding hydrogens is 230 g/mol. The highest BCUT2D eigenvalue weighted by Gasteiger charge is 2.11. The Morgan fingerprint density at radius 3 is 2.89 bits per heavy atom. The number of aromatic nitrogens is 1. The van der Waals surface area contributed by atoms with Crippen LogP contribution in [-0.2, 0) is 11.3 Å². The summed E-state index contributed by atoms with van der Waals surface area (Å²) in [5, 5.41) is 2.79. The van der Waals surface area contributed by atoms with Crippen LogP contribution in [0, 0.1) is 0 Å². The van der Waals surface area contributed by atoms with Crippen LogP contribution in [-0.4, -0.2) is 35.4 Å². The van der Waals surface area contributed by atoms with Gasteiger partial charge in [-0.05, 0) is 19.5 Å². The lowest BCUT2D eigenvalue weighted by molar-refractivity contribution is -0.122. The standard InChI is InChI=1S/C12H21N5O/c1-3-14-11(18)9-17(4-2)8-10-6-5-7-15-12(10)16-13/h5-7H,3-4,8-9,13H2,1-2H3,(H,14,18)(H,15,16).